The average molecular weight is 479 g/mol. The maximum Gasteiger partial charge on any atom is 0.227 e. The van der Waals surface area contributed by atoms with Gasteiger partial charge in [0.05, 0.1) is 23.9 Å². The van der Waals surface area contributed by atoms with Crippen LogP contribution in [-0.4, -0.2) is 78.9 Å². The SMILES string of the molecule is Cc1c([C@H]2CN3CCN(C(=O)Cc4cncc(-n5cnnn5)c4)C[C@H]3CS2)ccc(F)c1C#N. The lowest BCUT2D eigenvalue weighted by molar-refractivity contribution is -0.133. The van der Waals surface area contributed by atoms with Gasteiger partial charge in [-0.15, -0.1) is 5.10 Å². The van der Waals surface area contributed by atoms with Gasteiger partial charge in [-0.2, -0.15) is 21.7 Å². The van der Waals surface area contributed by atoms with Gasteiger partial charge < -0.3 is 4.90 Å². The van der Waals surface area contributed by atoms with E-state index in [1.54, 1.807) is 18.5 Å². The highest BCUT2D eigenvalue weighted by atomic mass is 32.2. The fourth-order valence-electron chi connectivity index (χ4n) is 4.64. The van der Waals surface area contributed by atoms with Crippen molar-refractivity contribution < 1.29 is 9.18 Å². The van der Waals surface area contributed by atoms with Crippen LogP contribution in [-0.2, 0) is 11.2 Å². The normalized spacial score (nSPS) is 20.6. The minimum atomic E-state index is -0.465. The van der Waals surface area contributed by atoms with Gasteiger partial charge in [0.2, 0.25) is 5.91 Å². The zero-order chi connectivity index (χ0) is 23.7. The Morgan fingerprint density at radius 2 is 2.18 bits per heavy atom. The van der Waals surface area contributed by atoms with Gasteiger partial charge in [-0.1, -0.05) is 6.07 Å². The van der Waals surface area contributed by atoms with Crippen molar-refractivity contribution in [3.05, 3.63) is 65.0 Å². The number of fused-ring (bicyclic) bond motifs is 1. The number of tetrazole rings is 1. The third-order valence-electron chi connectivity index (χ3n) is 6.51. The highest BCUT2D eigenvalue weighted by Gasteiger charge is 2.36. The molecule has 1 amide bonds. The Morgan fingerprint density at radius 1 is 1.29 bits per heavy atom. The number of aromatic nitrogens is 5. The Labute approximate surface area is 200 Å². The summed E-state index contributed by atoms with van der Waals surface area (Å²) < 4.78 is 15.5. The predicted molar refractivity (Wildman–Crippen MR) is 124 cm³/mol. The molecule has 2 saturated heterocycles. The standard InChI is InChI=1S/C23H23FN8OS/c1-15-19(2-3-21(24)20(15)8-25)22-12-30-4-5-31(11-18(30)13-34-22)23(33)7-16-6-17(10-26-9-16)32-14-27-28-29-32/h2-3,6,9-10,14,18,22H,4-5,7,11-13H2,1H3/t18-,22+/m0/s1. The topological polar surface area (TPSA) is 104 Å². The van der Waals surface area contributed by atoms with Crippen LogP contribution in [0, 0.1) is 24.1 Å². The summed E-state index contributed by atoms with van der Waals surface area (Å²) in [7, 11) is 0. The van der Waals surface area contributed by atoms with Gasteiger partial charge in [0, 0.05) is 49.4 Å². The maximum atomic E-state index is 13.9. The lowest BCUT2D eigenvalue weighted by atomic mass is 9.99. The molecule has 2 aliphatic heterocycles. The lowest BCUT2D eigenvalue weighted by Gasteiger charge is -2.46. The molecule has 2 aliphatic rings. The molecule has 2 atom stereocenters. The first-order chi connectivity index (χ1) is 16.5. The number of thioether (sulfide) groups is 1. The van der Waals surface area contributed by atoms with Crippen molar-refractivity contribution in [2.24, 2.45) is 0 Å². The summed E-state index contributed by atoms with van der Waals surface area (Å²) in [6.45, 7) is 4.79. The summed E-state index contributed by atoms with van der Waals surface area (Å²) in [5.41, 5.74) is 3.41. The number of hydrogen-bond acceptors (Lipinski definition) is 8. The molecule has 0 saturated carbocycles. The van der Waals surface area contributed by atoms with Crippen LogP contribution in [0.5, 0.6) is 0 Å². The van der Waals surface area contributed by atoms with Crippen LogP contribution in [0.4, 0.5) is 4.39 Å². The molecule has 2 aromatic heterocycles. The van der Waals surface area contributed by atoms with Crippen LogP contribution in [0.25, 0.3) is 5.69 Å². The number of nitriles is 1. The van der Waals surface area contributed by atoms with Crippen molar-refractivity contribution in [3.8, 4) is 11.8 Å². The van der Waals surface area contributed by atoms with Crippen LogP contribution >= 0.6 is 11.8 Å². The van der Waals surface area contributed by atoms with Gasteiger partial charge in [0.25, 0.3) is 0 Å². The number of nitrogens with zero attached hydrogens (tertiary/aromatic N) is 8. The molecule has 4 heterocycles. The Bertz CT molecular complexity index is 1240. The van der Waals surface area contributed by atoms with E-state index in [1.807, 2.05) is 35.7 Å². The van der Waals surface area contributed by atoms with E-state index in [2.05, 4.69) is 25.4 Å². The number of hydrogen-bond donors (Lipinski definition) is 0. The van der Waals surface area contributed by atoms with Crippen molar-refractivity contribution in [2.75, 3.05) is 31.9 Å². The Balaban J connectivity index is 1.22. The van der Waals surface area contributed by atoms with E-state index in [0.29, 0.717) is 18.8 Å². The van der Waals surface area contributed by atoms with E-state index in [1.165, 1.54) is 17.1 Å². The van der Waals surface area contributed by atoms with Crippen LogP contribution in [0.2, 0.25) is 0 Å². The number of piperazine rings is 1. The second-order valence-corrected chi connectivity index (χ2v) is 9.78. The number of halogens is 1. The second kappa shape index (κ2) is 9.48. The highest BCUT2D eigenvalue weighted by molar-refractivity contribution is 7.99. The summed E-state index contributed by atoms with van der Waals surface area (Å²) in [5, 5.41) is 20.6. The van der Waals surface area contributed by atoms with E-state index < -0.39 is 5.82 Å². The number of amides is 1. The van der Waals surface area contributed by atoms with Crippen molar-refractivity contribution in [1.82, 2.24) is 35.0 Å². The molecule has 1 aromatic carbocycles. The zero-order valence-corrected chi connectivity index (χ0v) is 19.5. The number of benzene rings is 1. The maximum absolute atomic E-state index is 13.9. The minimum absolute atomic E-state index is 0.0791. The van der Waals surface area contributed by atoms with Gasteiger partial charge in [-0.25, -0.2) is 4.39 Å². The lowest BCUT2D eigenvalue weighted by Crippen LogP contribution is -2.58. The monoisotopic (exact) mass is 478 g/mol. The van der Waals surface area contributed by atoms with Crippen molar-refractivity contribution in [2.45, 2.75) is 24.6 Å². The molecule has 0 bridgehead atoms. The van der Waals surface area contributed by atoms with Crippen molar-refractivity contribution >= 4 is 17.7 Å². The molecular formula is C23H23FN8OS. The number of carbonyl (C=O) groups is 1. The molecule has 0 aliphatic carbocycles. The Hall–Kier alpha value is -3.36. The summed E-state index contributed by atoms with van der Waals surface area (Å²) in [5.74, 6) is 0.493. The van der Waals surface area contributed by atoms with Gasteiger partial charge in [0.1, 0.15) is 18.2 Å². The third kappa shape index (κ3) is 4.38. The van der Waals surface area contributed by atoms with Gasteiger partial charge in [-0.3, -0.25) is 14.7 Å². The first-order valence-electron chi connectivity index (χ1n) is 11.0. The van der Waals surface area contributed by atoms with E-state index in [-0.39, 0.29) is 29.2 Å². The molecule has 174 valence electrons. The molecule has 0 N–H and O–H groups in total. The highest BCUT2D eigenvalue weighted by Crippen LogP contribution is 2.39. The van der Waals surface area contributed by atoms with Crippen LogP contribution in [0.1, 0.15) is 27.5 Å². The minimum Gasteiger partial charge on any atom is -0.340 e. The predicted octanol–water partition coefficient (Wildman–Crippen LogP) is 1.92. The molecule has 0 spiro atoms. The molecule has 9 nitrogen and oxygen atoms in total. The summed E-state index contributed by atoms with van der Waals surface area (Å²) in [6.07, 6.45) is 5.12. The summed E-state index contributed by atoms with van der Waals surface area (Å²) in [4.78, 5) is 21.6. The van der Waals surface area contributed by atoms with Gasteiger partial charge >= 0.3 is 0 Å². The molecule has 2 fully saturated rings. The van der Waals surface area contributed by atoms with E-state index in [0.717, 1.165) is 35.5 Å². The number of pyridine rings is 1. The van der Waals surface area contributed by atoms with E-state index >= 15 is 0 Å². The van der Waals surface area contributed by atoms with Crippen molar-refractivity contribution in [1.29, 1.82) is 5.26 Å². The van der Waals surface area contributed by atoms with Crippen LogP contribution in [0.3, 0.4) is 0 Å². The molecule has 11 heteroatoms. The Kier molecular flexibility index (Phi) is 6.26. The molecule has 3 aromatic rings. The average Bonchev–Trinajstić information content (AvgIpc) is 3.39. The fraction of sp³-hybridized carbons (Fsp3) is 0.391. The molecule has 0 unspecified atom stereocenters. The first kappa shape index (κ1) is 22.4. The van der Waals surface area contributed by atoms with Gasteiger partial charge in [-0.05, 0) is 46.2 Å². The third-order valence-corrected chi connectivity index (χ3v) is 7.89. The fourth-order valence-corrected chi connectivity index (χ4v) is 6.14. The summed E-state index contributed by atoms with van der Waals surface area (Å²) >= 11 is 1.82. The molecule has 5 rings (SSSR count). The molecule has 0 radical (unpaired) electrons. The second-order valence-electron chi connectivity index (χ2n) is 8.54. The van der Waals surface area contributed by atoms with Crippen LogP contribution < -0.4 is 0 Å². The zero-order valence-electron chi connectivity index (χ0n) is 18.6. The number of carbonyl (C=O) groups excluding carboxylic acids is 1. The van der Waals surface area contributed by atoms with Crippen LogP contribution in [0.15, 0.2) is 36.9 Å². The van der Waals surface area contributed by atoms with E-state index in [9.17, 15) is 14.4 Å². The molecule has 34 heavy (non-hydrogen) atoms. The number of rotatable bonds is 4. The van der Waals surface area contributed by atoms with Gasteiger partial charge in [0.15, 0.2) is 0 Å². The quantitative estimate of drug-likeness (QED) is 0.560. The summed E-state index contributed by atoms with van der Waals surface area (Å²) in [6, 6.07) is 7.35. The largest absolute Gasteiger partial charge is 0.340 e. The van der Waals surface area contributed by atoms with Crippen molar-refractivity contribution in [3.63, 3.8) is 0 Å². The first-order valence-corrected chi connectivity index (χ1v) is 12.1. The molecular weight excluding hydrogens is 455 g/mol. The Morgan fingerprint density at radius 3 is 2.97 bits per heavy atom. The smallest absolute Gasteiger partial charge is 0.227 e. The van der Waals surface area contributed by atoms with E-state index in [4.69, 9.17) is 0 Å².